The van der Waals surface area contributed by atoms with E-state index in [0.717, 1.165) is 26.0 Å². The predicted molar refractivity (Wildman–Crippen MR) is 85.7 cm³/mol. The Bertz CT molecular complexity index is 236. The van der Waals surface area contributed by atoms with Crippen molar-refractivity contribution in [1.29, 1.82) is 0 Å². The molecular formula is C16H34N2O3. The molecule has 5 nitrogen and oxygen atoms in total. The van der Waals surface area contributed by atoms with Crippen molar-refractivity contribution in [3.8, 4) is 0 Å². The van der Waals surface area contributed by atoms with Gasteiger partial charge >= 0.3 is 0 Å². The van der Waals surface area contributed by atoms with Gasteiger partial charge in [0.2, 0.25) is 0 Å². The van der Waals surface area contributed by atoms with Crippen LogP contribution in [0.15, 0.2) is 0 Å². The first-order valence-corrected chi connectivity index (χ1v) is 8.52. The van der Waals surface area contributed by atoms with Gasteiger partial charge in [0.25, 0.3) is 0 Å². The first-order valence-electron chi connectivity index (χ1n) is 8.52. The molecule has 0 saturated carbocycles. The van der Waals surface area contributed by atoms with Crippen LogP contribution in [-0.4, -0.2) is 74.8 Å². The molecule has 21 heavy (non-hydrogen) atoms. The maximum Gasteiger partial charge on any atom is 0.0897 e. The average molecular weight is 302 g/mol. The second-order valence-electron chi connectivity index (χ2n) is 5.95. The number of nitrogens with zero attached hydrogens (tertiary/aromatic N) is 1. The molecule has 5 heteroatoms. The molecule has 1 saturated heterocycles. The van der Waals surface area contributed by atoms with Crippen LogP contribution in [0.3, 0.4) is 0 Å². The first-order chi connectivity index (χ1) is 10.2. The van der Waals surface area contributed by atoms with Gasteiger partial charge in [0, 0.05) is 25.7 Å². The van der Waals surface area contributed by atoms with Crippen molar-refractivity contribution in [2.24, 2.45) is 0 Å². The van der Waals surface area contributed by atoms with Crippen molar-refractivity contribution in [1.82, 2.24) is 10.2 Å². The molecule has 0 aromatic carbocycles. The lowest BCUT2D eigenvalue weighted by molar-refractivity contribution is 0.00362. The number of likely N-dealkylation sites (tertiary alicyclic amines) is 1. The van der Waals surface area contributed by atoms with Crippen molar-refractivity contribution in [3.05, 3.63) is 0 Å². The number of aliphatic hydroxyl groups excluding tert-OH is 1. The van der Waals surface area contributed by atoms with Crippen molar-refractivity contribution >= 4 is 0 Å². The van der Waals surface area contributed by atoms with Crippen LogP contribution < -0.4 is 5.32 Å². The van der Waals surface area contributed by atoms with E-state index in [2.05, 4.69) is 24.1 Å². The molecule has 0 amide bonds. The molecule has 2 atom stereocenters. The molecule has 0 aromatic heterocycles. The first kappa shape index (κ1) is 18.8. The second-order valence-corrected chi connectivity index (χ2v) is 5.95. The van der Waals surface area contributed by atoms with Gasteiger partial charge in [0.05, 0.1) is 25.9 Å². The maximum absolute atomic E-state index is 9.83. The summed E-state index contributed by atoms with van der Waals surface area (Å²) in [5.41, 5.74) is 0. The van der Waals surface area contributed by atoms with Gasteiger partial charge < -0.3 is 19.9 Å². The summed E-state index contributed by atoms with van der Waals surface area (Å²) in [5, 5.41) is 13.2. The number of unbranched alkanes of at least 4 members (excludes halogenated alkanes) is 1. The summed E-state index contributed by atoms with van der Waals surface area (Å²) >= 11 is 0. The minimum atomic E-state index is -0.439. The van der Waals surface area contributed by atoms with Crippen LogP contribution in [0.2, 0.25) is 0 Å². The van der Waals surface area contributed by atoms with Gasteiger partial charge in [-0.1, -0.05) is 13.3 Å². The summed E-state index contributed by atoms with van der Waals surface area (Å²) in [6, 6.07) is 0.549. The second kappa shape index (κ2) is 12.4. The number of ether oxygens (including phenoxy) is 2. The number of nitrogens with one attached hydrogen (secondary N) is 1. The lowest BCUT2D eigenvalue weighted by atomic mass is 10.3. The molecule has 2 unspecified atom stereocenters. The van der Waals surface area contributed by atoms with Gasteiger partial charge in [0.1, 0.15) is 0 Å². The van der Waals surface area contributed by atoms with Crippen LogP contribution in [0.25, 0.3) is 0 Å². The molecule has 1 fully saturated rings. The normalized spacial score (nSPS) is 19.0. The molecule has 2 N–H and O–H groups in total. The van der Waals surface area contributed by atoms with E-state index in [4.69, 9.17) is 9.47 Å². The molecule has 0 aliphatic carbocycles. The summed E-state index contributed by atoms with van der Waals surface area (Å²) in [5.74, 6) is 0. The summed E-state index contributed by atoms with van der Waals surface area (Å²) in [4.78, 5) is 2.50. The topological polar surface area (TPSA) is 54.0 Å². The van der Waals surface area contributed by atoms with E-state index in [-0.39, 0.29) is 0 Å². The predicted octanol–water partition coefficient (Wildman–Crippen LogP) is 1.25. The van der Waals surface area contributed by atoms with Crippen LogP contribution >= 0.6 is 0 Å². The van der Waals surface area contributed by atoms with Crippen LogP contribution in [0, 0.1) is 0 Å². The van der Waals surface area contributed by atoms with E-state index < -0.39 is 6.10 Å². The van der Waals surface area contributed by atoms with Gasteiger partial charge in [-0.15, -0.1) is 0 Å². The third-order valence-electron chi connectivity index (χ3n) is 3.91. The summed E-state index contributed by atoms with van der Waals surface area (Å²) in [6.45, 7) is 10.7. The monoisotopic (exact) mass is 302 g/mol. The summed E-state index contributed by atoms with van der Waals surface area (Å²) in [7, 11) is 0. The highest BCUT2D eigenvalue weighted by Crippen LogP contribution is 2.10. The van der Waals surface area contributed by atoms with Gasteiger partial charge in [-0.05, 0) is 39.3 Å². The molecule has 0 bridgehead atoms. The maximum atomic E-state index is 9.83. The highest BCUT2D eigenvalue weighted by atomic mass is 16.5. The van der Waals surface area contributed by atoms with E-state index in [0.29, 0.717) is 32.4 Å². The van der Waals surface area contributed by atoms with Crippen LogP contribution in [0.1, 0.15) is 39.5 Å². The van der Waals surface area contributed by atoms with Crippen molar-refractivity contribution in [3.63, 3.8) is 0 Å². The Morgan fingerprint density at radius 2 is 1.81 bits per heavy atom. The molecule has 1 rings (SSSR count). The van der Waals surface area contributed by atoms with Crippen LogP contribution in [0.5, 0.6) is 0 Å². The number of hydrogen-bond acceptors (Lipinski definition) is 5. The van der Waals surface area contributed by atoms with Gasteiger partial charge in [-0.3, -0.25) is 4.90 Å². The Kier molecular flexibility index (Phi) is 11.1. The fourth-order valence-corrected chi connectivity index (χ4v) is 2.51. The van der Waals surface area contributed by atoms with E-state index in [1.807, 2.05) is 0 Å². The fraction of sp³-hybridized carbons (Fsp3) is 1.00. The Balaban J connectivity index is 1.87. The van der Waals surface area contributed by atoms with Gasteiger partial charge in [-0.25, -0.2) is 0 Å². The Hall–Kier alpha value is -0.200. The van der Waals surface area contributed by atoms with E-state index in [1.54, 1.807) is 0 Å². The van der Waals surface area contributed by atoms with Crippen molar-refractivity contribution in [2.45, 2.75) is 51.7 Å². The Morgan fingerprint density at radius 1 is 1.10 bits per heavy atom. The van der Waals surface area contributed by atoms with Crippen LogP contribution in [0.4, 0.5) is 0 Å². The highest BCUT2D eigenvalue weighted by Gasteiger charge is 2.17. The molecule has 126 valence electrons. The zero-order valence-corrected chi connectivity index (χ0v) is 13.9. The van der Waals surface area contributed by atoms with E-state index in [9.17, 15) is 5.11 Å². The quantitative estimate of drug-likeness (QED) is 0.502. The lowest BCUT2D eigenvalue weighted by Crippen LogP contribution is -2.41. The molecular weight excluding hydrogens is 268 g/mol. The largest absolute Gasteiger partial charge is 0.389 e. The fourth-order valence-electron chi connectivity index (χ4n) is 2.51. The van der Waals surface area contributed by atoms with Gasteiger partial charge in [-0.2, -0.15) is 0 Å². The van der Waals surface area contributed by atoms with Crippen molar-refractivity contribution < 1.29 is 14.6 Å². The molecule has 1 aliphatic heterocycles. The van der Waals surface area contributed by atoms with E-state index in [1.165, 1.54) is 25.9 Å². The number of aliphatic hydroxyl groups is 1. The molecule has 0 spiro atoms. The molecule has 0 radical (unpaired) electrons. The Morgan fingerprint density at radius 3 is 2.52 bits per heavy atom. The van der Waals surface area contributed by atoms with Gasteiger partial charge in [0.15, 0.2) is 0 Å². The third-order valence-corrected chi connectivity index (χ3v) is 3.91. The summed E-state index contributed by atoms with van der Waals surface area (Å²) < 4.78 is 10.8. The highest BCUT2D eigenvalue weighted by molar-refractivity contribution is 4.75. The molecule has 0 aromatic rings. The lowest BCUT2D eigenvalue weighted by Gasteiger charge is -2.24. The number of hydrogen-bond donors (Lipinski definition) is 2. The minimum absolute atomic E-state index is 0.377. The smallest absolute Gasteiger partial charge is 0.0897 e. The molecule has 1 heterocycles. The van der Waals surface area contributed by atoms with E-state index >= 15 is 0 Å². The standard InChI is InChI=1S/C16H34N2O3/c1-3-4-9-20-10-11-21-14-16(19)13-17-12-15(2)18-7-5-6-8-18/h15-17,19H,3-14H2,1-2H3. The van der Waals surface area contributed by atoms with Crippen molar-refractivity contribution in [2.75, 3.05) is 52.6 Å². The van der Waals surface area contributed by atoms with Crippen LogP contribution in [-0.2, 0) is 9.47 Å². The number of rotatable bonds is 13. The third kappa shape index (κ3) is 9.42. The SMILES string of the molecule is CCCCOCCOCC(O)CNCC(C)N1CCCC1. The Labute approximate surface area is 130 Å². The average Bonchev–Trinajstić information content (AvgIpc) is 3.00. The minimum Gasteiger partial charge on any atom is -0.389 e. The zero-order chi connectivity index (χ0) is 15.3. The molecule has 1 aliphatic rings. The summed E-state index contributed by atoms with van der Waals surface area (Å²) in [6.07, 6.45) is 4.46. The zero-order valence-electron chi connectivity index (χ0n) is 13.9.